The number of para-hydroxylation sites is 2. The third-order valence-corrected chi connectivity index (χ3v) is 5.98. The van der Waals surface area contributed by atoms with Gasteiger partial charge in [-0.1, -0.05) is 51.0 Å². The van der Waals surface area contributed by atoms with Gasteiger partial charge in [-0.2, -0.15) is 0 Å². The molecule has 0 amide bonds. The summed E-state index contributed by atoms with van der Waals surface area (Å²) in [4.78, 5) is 14.1. The number of benzene rings is 1. The van der Waals surface area contributed by atoms with Crippen molar-refractivity contribution in [3.05, 3.63) is 63.2 Å². The van der Waals surface area contributed by atoms with Crippen LogP contribution in [0.25, 0.3) is 6.08 Å². The van der Waals surface area contributed by atoms with Crippen molar-refractivity contribution in [3.8, 4) is 11.6 Å². The van der Waals surface area contributed by atoms with Crippen LogP contribution in [0, 0.1) is 4.77 Å². The van der Waals surface area contributed by atoms with E-state index in [1.807, 2.05) is 43.5 Å². The Balaban J connectivity index is 1.86. The van der Waals surface area contributed by atoms with E-state index in [2.05, 4.69) is 13.8 Å². The normalized spacial score (nSPS) is 18.0. The molecule has 1 aliphatic heterocycles. The van der Waals surface area contributed by atoms with Crippen molar-refractivity contribution in [1.29, 1.82) is 0 Å². The topological polar surface area (TPSA) is 63.7 Å². The molecule has 0 bridgehead atoms. The predicted molar refractivity (Wildman–Crippen MR) is 124 cm³/mol. The second kappa shape index (κ2) is 10.6. The Morgan fingerprint density at radius 1 is 1.13 bits per heavy atom. The average Bonchev–Trinajstić information content (AvgIpc) is 3.09. The molecule has 0 saturated heterocycles. The van der Waals surface area contributed by atoms with E-state index in [0.29, 0.717) is 17.9 Å². The number of nitrogens with one attached hydrogen (secondary N) is 1. The molecule has 6 nitrogen and oxygen atoms in total. The number of aromatic nitrogens is 2. The molecule has 0 saturated carbocycles. The van der Waals surface area contributed by atoms with Gasteiger partial charge < -0.3 is 14.4 Å². The highest BCUT2D eigenvalue weighted by Gasteiger charge is 2.30. The minimum absolute atomic E-state index is 0.153. The van der Waals surface area contributed by atoms with Crippen LogP contribution in [0.5, 0.6) is 11.6 Å². The number of hydrogen-bond donors (Lipinski definition) is 1. The fourth-order valence-corrected chi connectivity index (χ4v) is 3.99. The van der Waals surface area contributed by atoms with E-state index in [9.17, 15) is 9.90 Å². The van der Waals surface area contributed by atoms with Gasteiger partial charge in [-0.25, -0.2) is 0 Å². The van der Waals surface area contributed by atoms with E-state index < -0.39 is 0 Å². The van der Waals surface area contributed by atoms with Crippen molar-refractivity contribution in [2.75, 3.05) is 7.05 Å². The van der Waals surface area contributed by atoms with Gasteiger partial charge in [0.15, 0.2) is 16.2 Å². The van der Waals surface area contributed by atoms with Gasteiger partial charge in [-0.3, -0.25) is 14.3 Å². The summed E-state index contributed by atoms with van der Waals surface area (Å²) in [6.45, 7) is 5.18. The van der Waals surface area contributed by atoms with Crippen LogP contribution >= 0.6 is 12.2 Å². The molecule has 2 unspecified atom stereocenters. The number of fused-ring (bicyclic) bond motifs is 1. The second-order valence-corrected chi connectivity index (χ2v) is 8.14. The first-order chi connectivity index (χ1) is 15.0. The fourth-order valence-electron chi connectivity index (χ4n) is 3.65. The molecule has 0 fully saturated rings. The molecule has 1 N–H and O–H groups in total. The van der Waals surface area contributed by atoms with Crippen molar-refractivity contribution < 1.29 is 14.7 Å². The third kappa shape index (κ3) is 4.99. The Bertz CT molecular complexity index is 1080. The standard InChI is InChI=1S/C24H31N3O3S/c1-4-6-16-26-22(28)18(23(29)27(24(26)31)17-7-5-2)12-8-11-15-21-25(3)19-13-9-10-14-20(19)30-21/h8-15,21,28H,4-7,16-17H2,1-3H3. The maximum absolute atomic E-state index is 13.0. The first-order valence-electron chi connectivity index (χ1n) is 11.0. The molecule has 166 valence electrons. The van der Waals surface area contributed by atoms with Gasteiger partial charge in [0.25, 0.3) is 11.8 Å². The summed E-state index contributed by atoms with van der Waals surface area (Å²) in [6, 6.07) is 7.94. The lowest BCUT2D eigenvalue weighted by molar-refractivity contribution is -0.840. The quantitative estimate of drug-likeness (QED) is 0.480. The van der Waals surface area contributed by atoms with Gasteiger partial charge in [-0.05, 0) is 43.1 Å². The summed E-state index contributed by atoms with van der Waals surface area (Å²) in [5, 5.41) is 13.0. The zero-order valence-corrected chi connectivity index (χ0v) is 19.3. The molecule has 2 atom stereocenters. The lowest BCUT2D eigenvalue weighted by Crippen LogP contribution is -3.07. The second-order valence-electron chi connectivity index (χ2n) is 7.78. The lowest BCUT2D eigenvalue weighted by Gasteiger charge is -2.22. The number of likely N-dealkylation sites (N-methyl/N-ethyl adjacent to an activating group) is 1. The van der Waals surface area contributed by atoms with Crippen LogP contribution in [0.1, 0.15) is 45.1 Å². The van der Waals surface area contributed by atoms with E-state index >= 15 is 0 Å². The van der Waals surface area contributed by atoms with Crippen LogP contribution in [0.15, 0.2) is 47.3 Å². The third-order valence-electron chi connectivity index (χ3n) is 5.54. The number of quaternary nitrogens is 1. The summed E-state index contributed by atoms with van der Waals surface area (Å²) in [7, 11) is 2.05. The Morgan fingerprint density at radius 2 is 1.81 bits per heavy atom. The molecule has 0 radical (unpaired) electrons. The zero-order chi connectivity index (χ0) is 22.4. The van der Waals surface area contributed by atoms with Gasteiger partial charge in [0.05, 0.1) is 7.05 Å². The summed E-state index contributed by atoms with van der Waals surface area (Å²) < 4.78 is 9.41. The van der Waals surface area contributed by atoms with Crippen LogP contribution in [0.4, 0.5) is 5.69 Å². The molecule has 1 aliphatic rings. The average molecular weight is 442 g/mol. The molecule has 31 heavy (non-hydrogen) atoms. The smallest absolute Gasteiger partial charge is 0.260 e. The Morgan fingerprint density at radius 3 is 2.48 bits per heavy atom. The highest BCUT2D eigenvalue weighted by Crippen LogP contribution is 2.25. The fraction of sp³-hybridized carbons (Fsp3) is 0.417. The van der Waals surface area contributed by atoms with Gasteiger partial charge in [0.2, 0.25) is 0 Å². The van der Waals surface area contributed by atoms with Gasteiger partial charge in [0, 0.05) is 30.8 Å². The minimum atomic E-state index is -0.312. The van der Waals surface area contributed by atoms with Crippen molar-refractivity contribution >= 4 is 24.0 Å². The first kappa shape index (κ1) is 23.0. The summed E-state index contributed by atoms with van der Waals surface area (Å²) >= 11 is 5.48. The summed E-state index contributed by atoms with van der Waals surface area (Å²) in [5.41, 5.74) is 0.953. The molecule has 7 heteroatoms. The number of hydrogen-bond acceptors (Lipinski definition) is 4. The van der Waals surface area contributed by atoms with Crippen molar-refractivity contribution in [1.82, 2.24) is 9.13 Å². The number of allylic oxidation sites excluding steroid dienone is 2. The maximum Gasteiger partial charge on any atom is 0.260 e. The van der Waals surface area contributed by atoms with Crippen molar-refractivity contribution in [2.45, 2.75) is 58.8 Å². The zero-order valence-electron chi connectivity index (χ0n) is 18.5. The summed E-state index contributed by atoms with van der Waals surface area (Å²) in [6.07, 6.45) is 10.5. The molecule has 3 rings (SSSR count). The monoisotopic (exact) mass is 441 g/mol. The van der Waals surface area contributed by atoms with E-state index in [4.69, 9.17) is 17.0 Å². The van der Waals surface area contributed by atoms with Crippen LogP contribution in [-0.2, 0) is 13.1 Å². The van der Waals surface area contributed by atoms with Gasteiger partial charge in [-0.15, -0.1) is 0 Å². The predicted octanol–water partition coefficient (Wildman–Crippen LogP) is 3.19. The van der Waals surface area contributed by atoms with E-state index in [1.165, 1.54) is 0 Å². The minimum Gasteiger partial charge on any atom is -0.859 e. The number of nitrogens with zero attached hydrogens (tertiary/aromatic N) is 2. The molecule has 1 aromatic carbocycles. The number of unbranched alkanes of at least 4 members (excludes halogenated alkanes) is 2. The van der Waals surface area contributed by atoms with E-state index in [-0.39, 0.29) is 23.2 Å². The Labute approximate surface area is 188 Å². The molecular formula is C24H31N3O3S. The maximum atomic E-state index is 13.0. The van der Waals surface area contributed by atoms with Gasteiger partial charge in [0.1, 0.15) is 0 Å². The van der Waals surface area contributed by atoms with E-state index in [0.717, 1.165) is 42.0 Å². The SMILES string of the molecule is CCCCn1c([O-])c(C=CC=CC2Oc3ccccc3[NH+]2C)c(=O)n(CCCC)c1=S. The molecule has 2 heterocycles. The molecule has 0 aliphatic carbocycles. The number of rotatable bonds is 9. The van der Waals surface area contributed by atoms with Crippen molar-refractivity contribution in [2.24, 2.45) is 0 Å². The van der Waals surface area contributed by atoms with Crippen LogP contribution in [0.3, 0.4) is 0 Å². The Hall–Kier alpha value is -2.64. The highest BCUT2D eigenvalue weighted by atomic mass is 32.1. The molecule has 0 spiro atoms. The Kier molecular flexibility index (Phi) is 7.87. The lowest BCUT2D eigenvalue weighted by atomic mass is 10.2. The van der Waals surface area contributed by atoms with E-state index in [1.54, 1.807) is 21.3 Å². The molecular weight excluding hydrogens is 410 g/mol. The van der Waals surface area contributed by atoms with Crippen molar-refractivity contribution in [3.63, 3.8) is 0 Å². The largest absolute Gasteiger partial charge is 0.859 e. The first-order valence-corrected chi connectivity index (χ1v) is 11.4. The highest BCUT2D eigenvalue weighted by molar-refractivity contribution is 7.71. The molecule has 2 aromatic rings. The van der Waals surface area contributed by atoms with Crippen LogP contribution < -0.4 is 20.3 Å². The van der Waals surface area contributed by atoms with Crippen LogP contribution in [0.2, 0.25) is 0 Å². The van der Waals surface area contributed by atoms with Gasteiger partial charge >= 0.3 is 0 Å². The number of ether oxygens (including phenoxy) is 1. The summed E-state index contributed by atoms with van der Waals surface area (Å²) in [5.74, 6) is 0.561. The molecule has 1 aromatic heterocycles. The van der Waals surface area contributed by atoms with Crippen LogP contribution in [-0.4, -0.2) is 22.4 Å².